The Morgan fingerprint density at radius 3 is 2.63 bits per heavy atom. The summed E-state index contributed by atoms with van der Waals surface area (Å²) in [4.78, 5) is 22.7. The number of piperidine rings is 1. The predicted octanol–water partition coefficient (Wildman–Crippen LogP) is 3.82. The molecule has 1 amide bonds. The Kier molecular flexibility index (Phi) is 4.59. The van der Waals surface area contributed by atoms with Gasteiger partial charge in [0.15, 0.2) is 17.2 Å². The first-order chi connectivity index (χ1) is 14.7. The molecule has 0 spiro atoms. The van der Waals surface area contributed by atoms with E-state index >= 15 is 0 Å². The molecule has 0 unspecified atom stereocenters. The molecule has 3 N–H and O–H groups in total. The van der Waals surface area contributed by atoms with Gasteiger partial charge in [0.25, 0.3) is 5.91 Å². The van der Waals surface area contributed by atoms with Gasteiger partial charge in [0.1, 0.15) is 12.0 Å². The highest BCUT2D eigenvalue weighted by molar-refractivity contribution is 5.93. The molecule has 0 bridgehead atoms. The Bertz CT molecular complexity index is 1190. The maximum absolute atomic E-state index is 11.4. The molecule has 4 heterocycles. The van der Waals surface area contributed by atoms with Gasteiger partial charge >= 0.3 is 0 Å². The summed E-state index contributed by atoms with van der Waals surface area (Å²) in [6.07, 6.45) is 10.4. The third-order valence-electron chi connectivity index (χ3n) is 5.42. The van der Waals surface area contributed by atoms with E-state index in [-0.39, 0.29) is 0 Å². The number of carbonyl (C=O) groups excluding carboxylic acids is 1. The second kappa shape index (κ2) is 7.55. The zero-order valence-corrected chi connectivity index (χ0v) is 16.4. The van der Waals surface area contributed by atoms with Crippen molar-refractivity contribution < 1.29 is 9.21 Å². The fourth-order valence-corrected chi connectivity index (χ4v) is 3.83. The van der Waals surface area contributed by atoms with E-state index in [4.69, 9.17) is 10.2 Å². The van der Waals surface area contributed by atoms with E-state index in [9.17, 15) is 4.79 Å². The van der Waals surface area contributed by atoms with Crippen molar-refractivity contribution in [2.45, 2.75) is 19.3 Å². The van der Waals surface area contributed by atoms with E-state index in [0.717, 1.165) is 18.8 Å². The van der Waals surface area contributed by atoms with Crippen molar-refractivity contribution in [3.8, 4) is 11.5 Å². The molecule has 8 heteroatoms. The van der Waals surface area contributed by atoms with Crippen molar-refractivity contribution in [1.82, 2.24) is 14.4 Å². The summed E-state index contributed by atoms with van der Waals surface area (Å²) in [5, 5.41) is 3.35. The molecule has 5 rings (SSSR count). The number of primary amides is 1. The van der Waals surface area contributed by atoms with Crippen LogP contribution in [0.2, 0.25) is 0 Å². The number of nitrogens with one attached hydrogen (secondary N) is 1. The van der Waals surface area contributed by atoms with E-state index in [2.05, 4.69) is 44.5 Å². The van der Waals surface area contributed by atoms with Crippen molar-refractivity contribution in [2.75, 3.05) is 23.3 Å². The average Bonchev–Trinajstić information content (AvgIpc) is 3.46. The van der Waals surface area contributed by atoms with E-state index in [1.807, 2.05) is 10.6 Å². The second-order valence-corrected chi connectivity index (χ2v) is 7.40. The monoisotopic (exact) mass is 402 g/mol. The molecule has 0 aliphatic carbocycles. The maximum Gasteiger partial charge on any atom is 0.251 e. The van der Waals surface area contributed by atoms with Crippen molar-refractivity contribution in [3.63, 3.8) is 0 Å². The maximum atomic E-state index is 11.4. The lowest BCUT2D eigenvalue weighted by Gasteiger charge is -2.28. The average molecular weight is 402 g/mol. The molecule has 0 saturated carbocycles. The summed E-state index contributed by atoms with van der Waals surface area (Å²) < 4.78 is 7.37. The number of fused-ring (bicyclic) bond motifs is 1. The van der Waals surface area contributed by atoms with Gasteiger partial charge in [0, 0.05) is 36.9 Å². The quantitative estimate of drug-likeness (QED) is 0.526. The third-order valence-corrected chi connectivity index (χ3v) is 5.42. The molecule has 1 fully saturated rings. The normalized spacial score (nSPS) is 14.2. The van der Waals surface area contributed by atoms with Gasteiger partial charge in [-0.15, -0.1) is 0 Å². The van der Waals surface area contributed by atoms with Crippen LogP contribution in [0.1, 0.15) is 29.6 Å². The molecular weight excluding hydrogens is 380 g/mol. The minimum atomic E-state index is -0.536. The van der Waals surface area contributed by atoms with Crippen molar-refractivity contribution in [1.29, 1.82) is 0 Å². The Labute approximate surface area is 173 Å². The number of nitrogens with zero attached hydrogens (tertiary/aromatic N) is 4. The van der Waals surface area contributed by atoms with Crippen LogP contribution < -0.4 is 16.0 Å². The molecule has 8 nitrogen and oxygen atoms in total. The van der Waals surface area contributed by atoms with E-state index in [1.54, 1.807) is 18.5 Å². The Hall–Kier alpha value is -3.81. The summed E-state index contributed by atoms with van der Waals surface area (Å²) >= 11 is 0. The van der Waals surface area contributed by atoms with Crippen molar-refractivity contribution >= 4 is 28.7 Å². The number of imidazole rings is 1. The van der Waals surface area contributed by atoms with Gasteiger partial charge < -0.3 is 20.4 Å². The molecule has 3 aromatic heterocycles. The van der Waals surface area contributed by atoms with Gasteiger partial charge in [-0.1, -0.05) is 0 Å². The van der Waals surface area contributed by atoms with E-state index < -0.39 is 5.91 Å². The zero-order valence-electron chi connectivity index (χ0n) is 16.4. The fourth-order valence-electron chi connectivity index (χ4n) is 3.83. The van der Waals surface area contributed by atoms with Gasteiger partial charge in [0.2, 0.25) is 0 Å². The molecule has 4 aromatic rings. The summed E-state index contributed by atoms with van der Waals surface area (Å²) in [6.45, 7) is 2.24. The number of benzene rings is 1. The number of carbonyl (C=O) groups is 1. The number of nitrogens with two attached hydrogens (primary N) is 1. The zero-order chi connectivity index (χ0) is 20.5. The topological polar surface area (TPSA) is 102 Å². The van der Waals surface area contributed by atoms with Crippen LogP contribution in [-0.2, 0) is 0 Å². The number of anilines is 3. The smallest absolute Gasteiger partial charge is 0.251 e. The highest BCUT2D eigenvalue weighted by Crippen LogP contribution is 2.28. The Morgan fingerprint density at radius 2 is 1.90 bits per heavy atom. The largest absolute Gasteiger partial charge is 0.462 e. The van der Waals surface area contributed by atoms with Gasteiger partial charge in [0.05, 0.1) is 11.8 Å². The Balaban J connectivity index is 1.41. The first-order valence-electron chi connectivity index (χ1n) is 10.0. The van der Waals surface area contributed by atoms with Gasteiger partial charge in [-0.05, 0) is 49.6 Å². The number of hydrogen-bond donors (Lipinski definition) is 2. The third kappa shape index (κ3) is 3.36. The SMILES string of the molecule is NC(=O)c1coc(-c2cnc(Nc3ccc(N4CCCCC4)cc3)c3nccn23)c1. The van der Waals surface area contributed by atoms with E-state index in [0.29, 0.717) is 28.5 Å². The number of aromatic nitrogens is 3. The highest BCUT2D eigenvalue weighted by atomic mass is 16.3. The highest BCUT2D eigenvalue weighted by Gasteiger charge is 2.15. The van der Waals surface area contributed by atoms with Gasteiger partial charge in [-0.3, -0.25) is 9.20 Å². The molecule has 0 atom stereocenters. The lowest BCUT2D eigenvalue weighted by atomic mass is 10.1. The van der Waals surface area contributed by atoms with Gasteiger partial charge in [-0.25, -0.2) is 9.97 Å². The number of furan rings is 1. The number of rotatable bonds is 5. The van der Waals surface area contributed by atoms with Crippen LogP contribution in [0.25, 0.3) is 17.1 Å². The number of amides is 1. The lowest BCUT2D eigenvalue weighted by molar-refractivity contribution is 0.0999. The Morgan fingerprint density at radius 1 is 1.10 bits per heavy atom. The lowest BCUT2D eigenvalue weighted by Crippen LogP contribution is -2.29. The summed E-state index contributed by atoms with van der Waals surface area (Å²) in [6, 6.07) is 10.00. The van der Waals surface area contributed by atoms with E-state index in [1.165, 1.54) is 31.2 Å². The van der Waals surface area contributed by atoms with Crippen LogP contribution in [0, 0.1) is 0 Å². The molecule has 1 aliphatic rings. The first kappa shape index (κ1) is 18.2. The summed E-state index contributed by atoms with van der Waals surface area (Å²) in [5.41, 5.74) is 9.16. The van der Waals surface area contributed by atoms with Crippen LogP contribution in [0.15, 0.2) is 59.6 Å². The second-order valence-electron chi connectivity index (χ2n) is 7.40. The summed E-state index contributed by atoms with van der Waals surface area (Å²) in [7, 11) is 0. The van der Waals surface area contributed by atoms with Crippen LogP contribution in [0.4, 0.5) is 17.2 Å². The minimum Gasteiger partial charge on any atom is -0.462 e. The minimum absolute atomic E-state index is 0.314. The molecule has 0 radical (unpaired) electrons. The molecule has 1 saturated heterocycles. The van der Waals surface area contributed by atoms with Crippen LogP contribution in [0.5, 0.6) is 0 Å². The summed E-state index contributed by atoms with van der Waals surface area (Å²) in [5.74, 6) is 0.596. The van der Waals surface area contributed by atoms with Crippen LogP contribution in [-0.4, -0.2) is 33.4 Å². The van der Waals surface area contributed by atoms with Gasteiger partial charge in [-0.2, -0.15) is 0 Å². The molecule has 1 aromatic carbocycles. The van der Waals surface area contributed by atoms with Crippen molar-refractivity contribution in [3.05, 3.63) is 60.7 Å². The molecule has 1 aliphatic heterocycles. The van der Waals surface area contributed by atoms with Crippen LogP contribution >= 0.6 is 0 Å². The first-order valence-corrected chi connectivity index (χ1v) is 10.0. The molecule has 30 heavy (non-hydrogen) atoms. The molecule has 152 valence electrons. The number of hydrogen-bond acceptors (Lipinski definition) is 6. The fraction of sp³-hybridized carbons (Fsp3) is 0.227. The molecular formula is C22H22N6O2. The van der Waals surface area contributed by atoms with Crippen LogP contribution in [0.3, 0.4) is 0 Å². The predicted molar refractivity (Wildman–Crippen MR) is 115 cm³/mol. The van der Waals surface area contributed by atoms with Crippen molar-refractivity contribution in [2.24, 2.45) is 5.73 Å². The standard InChI is InChI=1S/C22H22N6O2/c23-20(29)15-12-19(30-14-15)18-13-25-21(22-24-8-11-28(18)22)26-16-4-6-17(7-5-16)27-9-2-1-3-10-27/h4-8,11-14H,1-3,9-10H2,(H2,23,29)(H,25,26).